The van der Waals surface area contributed by atoms with Crippen molar-refractivity contribution >= 4 is 60.2 Å². The predicted molar refractivity (Wildman–Crippen MR) is 227 cm³/mol. The first kappa shape index (κ1) is 30.8. The Bertz CT molecular complexity index is 2920. The molecule has 10 aromatic rings. The highest BCUT2D eigenvalue weighted by Crippen LogP contribution is 2.40. The summed E-state index contributed by atoms with van der Waals surface area (Å²) in [6, 6.07) is 77.1. The van der Waals surface area contributed by atoms with Crippen molar-refractivity contribution in [2.24, 2.45) is 0 Å². The quantitative estimate of drug-likeness (QED) is 0.159. The molecule has 0 bridgehead atoms. The van der Waals surface area contributed by atoms with Gasteiger partial charge in [-0.1, -0.05) is 158 Å². The molecule has 0 aliphatic carbocycles. The van der Waals surface area contributed by atoms with Gasteiger partial charge < -0.3 is 4.90 Å². The van der Waals surface area contributed by atoms with E-state index < -0.39 is 0 Å². The van der Waals surface area contributed by atoms with Crippen LogP contribution in [0, 0.1) is 0 Å². The van der Waals surface area contributed by atoms with Gasteiger partial charge in [-0.15, -0.1) is 0 Å². The molecule has 0 radical (unpaired) electrons. The number of hydrogen-bond donors (Lipinski definition) is 0. The maximum atomic E-state index is 2.34. The molecule has 0 saturated carbocycles. The molecule has 0 spiro atoms. The van der Waals surface area contributed by atoms with Crippen molar-refractivity contribution in [2.45, 2.75) is 0 Å². The zero-order valence-electron chi connectivity index (χ0n) is 29.2. The molecule has 0 aromatic heterocycles. The van der Waals surface area contributed by atoms with Gasteiger partial charge in [-0.25, -0.2) is 0 Å². The van der Waals surface area contributed by atoms with Gasteiger partial charge in [0, 0.05) is 17.1 Å². The van der Waals surface area contributed by atoms with Crippen LogP contribution in [-0.4, -0.2) is 0 Å². The first-order chi connectivity index (χ1) is 26.3. The topological polar surface area (TPSA) is 3.24 Å². The van der Waals surface area contributed by atoms with Gasteiger partial charge in [0.2, 0.25) is 0 Å². The molecule has 0 aliphatic rings. The average Bonchev–Trinajstić information content (AvgIpc) is 3.24. The molecule has 0 unspecified atom stereocenters. The number of nitrogens with zero attached hydrogens (tertiary/aromatic N) is 1. The first-order valence-electron chi connectivity index (χ1n) is 18.3. The maximum Gasteiger partial charge on any atom is 0.0462 e. The molecule has 1 heteroatoms. The lowest BCUT2D eigenvalue weighted by Crippen LogP contribution is -2.09. The van der Waals surface area contributed by atoms with Crippen LogP contribution < -0.4 is 4.90 Å². The molecule has 0 amide bonds. The van der Waals surface area contributed by atoms with Crippen LogP contribution in [0.3, 0.4) is 0 Å². The van der Waals surface area contributed by atoms with Gasteiger partial charge in [0.15, 0.2) is 0 Å². The summed E-state index contributed by atoms with van der Waals surface area (Å²) in [5.41, 5.74) is 10.7. The summed E-state index contributed by atoms with van der Waals surface area (Å²) < 4.78 is 0. The molecular formula is C52H35N. The second kappa shape index (κ2) is 13.0. The largest absolute Gasteiger partial charge is 0.311 e. The van der Waals surface area contributed by atoms with E-state index in [-0.39, 0.29) is 0 Å². The number of para-hydroxylation sites is 1. The summed E-state index contributed by atoms with van der Waals surface area (Å²) >= 11 is 0. The second-order valence-corrected chi connectivity index (χ2v) is 13.7. The molecule has 248 valence electrons. The van der Waals surface area contributed by atoms with E-state index in [1.54, 1.807) is 0 Å². The maximum absolute atomic E-state index is 2.34. The molecule has 0 atom stereocenters. The molecule has 0 aliphatic heterocycles. The van der Waals surface area contributed by atoms with Crippen molar-refractivity contribution in [2.75, 3.05) is 4.90 Å². The van der Waals surface area contributed by atoms with Crippen molar-refractivity contribution < 1.29 is 0 Å². The molecule has 10 aromatic carbocycles. The standard InChI is InChI=1S/C52H35N/c1-2-17-42(18-3-1)53(44-31-27-37(28-32-44)51-34-40-13-4-6-19-45(40)47-21-8-10-23-49(47)51)43-29-25-36(26-30-43)38-15-12-16-39(33-38)52-35-41-14-5-7-20-46(41)48-22-9-11-24-50(48)52/h1-35H. The molecule has 0 fully saturated rings. The Labute approximate surface area is 309 Å². The number of fused-ring (bicyclic) bond motifs is 6. The summed E-state index contributed by atoms with van der Waals surface area (Å²) in [6.45, 7) is 0. The average molecular weight is 674 g/mol. The van der Waals surface area contributed by atoms with E-state index in [0.29, 0.717) is 0 Å². The van der Waals surface area contributed by atoms with E-state index in [0.717, 1.165) is 17.1 Å². The Hall–Kier alpha value is -6.96. The lowest BCUT2D eigenvalue weighted by Gasteiger charge is -2.26. The van der Waals surface area contributed by atoms with Crippen molar-refractivity contribution in [3.8, 4) is 33.4 Å². The summed E-state index contributed by atoms with van der Waals surface area (Å²) in [5, 5.41) is 10.2. The Morgan fingerprint density at radius 1 is 0.226 bits per heavy atom. The number of benzene rings is 10. The highest BCUT2D eigenvalue weighted by molar-refractivity contribution is 6.15. The van der Waals surface area contributed by atoms with Crippen molar-refractivity contribution in [3.63, 3.8) is 0 Å². The monoisotopic (exact) mass is 673 g/mol. The van der Waals surface area contributed by atoms with Crippen LogP contribution in [-0.2, 0) is 0 Å². The lowest BCUT2D eigenvalue weighted by atomic mass is 9.92. The lowest BCUT2D eigenvalue weighted by molar-refractivity contribution is 1.28. The van der Waals surface area contributed by atoms with Crippen molar-refractivity contribution in [1.82, 2.24) is 0 Å². The number of anilines is 3. The third-order valence-electron chi connectivity index (χ3n) is 10.6. The minimum atomic E-state index is 1.11. The van der Waals surface area contributed by atoms with Crippen LogP contribution >= 0.6 is 0 Å². The highest BCUT2D eigenvalue weighted by atomic mass is 15.1. The molecule has 0 saturated heterocycles. The zero-order chi connectivity index (χ0) is 35.1. The van der Waals surface area contributed by atoms with Crippen molar-refractivity contribution in [3.05, 3.63) is 212 Å². The summed E-state index contributed by atoms with van der Waals surface area (Å²) in [5.74, 6) is 0. The Morgan fingerprint density at radius 2 is 0.642 bits per heavy atom. The number of rotatable bonds is 6. The minimum absolute atomic E-state index is 1.11. The molecule has 0 N–H and O–H groups in total. The van der Waals surface area contributed by atoms with Crippen LogP contribution in [0.5, 0.6) is 0 Å². The fourth-order valence-corrected chi connectivity index (χ4v) is 8.07. The van der Waals surface area contributed by atoms with Crippen LogP contribution in [0.2, 0.25) is 0 Å². The smallest absolute Gasteiger partial charge is 0.0462 e. The fourth-order valence-electron chi connectivity index (χ4n) is 8.07. The van der Waals surface area contributed by atoms with Crippen LogP contribution in [0.25, 0.3) is 76.5 Å². The molecule has 10 rings (SSSR count). The van der Waals surface area contributed by atoms with Gasteiger partial charge >= 0.3 is 0 Å². The zero-order valence-corrected chi connectivity index (χ0v) is 29.2. The Balaban J connectivity index is 1.01. The van der Waals surface area contributed by atoms with Gasteiger partial charge in [-0.3, -0.25) is 0 Å². The van der Waals surface area contributed by atoms with Gasteiger partial charge in [0.1, 0.15) is 0 Å². The van der Waals surface area contributed by atoms with E-state index in [2.05, 4.69) is 217 Å². The van der Waals surface area contributed by atoms with E-state index in [1.165, 1.54) is 76.5 Å². The molecule has 1 nitrogen and oxygen atoms in total. The van der Waals surface area contributed by atoms with Gasteiger partial charge in [-0.05, 0) is 131 Å². The molecule has 0 heterocycles. The molecular weight excluding hydrogens is 639 g/mol. The Kier molecular flexibility index (Phi) is 7.55. The van der Waals surface area contributed by atoms with Crippen LogP contribution in [0.15, 0.2) is 212 Å². The third kappa shape index (κ3) is 5.51. The van der Waals surface area contributed by atoms with Gasteiger partial charge in [0.05, 0.1) is 0 Å². The third-order valence-corrected chi connectivity index (χ3v) is 10.6. The van der Waals surface area contributed by atoms with E-state index in [4.69, 9.17) is 0 Å². The normalized spacial score (nSPS) is 11.4. The fraction of sp³-hybridized carbons (Fsp3) is 0. The number of hydrogen-bond acceptors (Lipinski definition) is 1. The van der Waals surface area contributed by atoms with Gasteiger partial charge in [-0.2, -0.15) is 0 Å². The van der Waals surface area contributed by atoms with E-state index in [1.807, 2.05) is 0 Å². The van der Waals surface area contributed by atoms with Crippen LogP contribution in [0.4, 0.5) is 17.1 Å². The first-order valence-corrected chi connectivity index (χ1v) is 18.3. The highest BCUT2D eigenvalue weighted by Gasteiger charge is 2.15. The predicted octanol–water partition coefficient (Wildman–Crippen LogP) is 14.8. The van der Waals surface area contributed by atoms with E-state index >= 15 is 0 Å². The van der Waals surface area contributed by atoms with E-state index in [9.17, 15) is 0 Å². The minimum Gasteiger partial charge on any atom is -0.311 e. The van der Waals surface area contributed by atoms with Crippen molar-refractivity contribution in [1.29, 1.82) is 0 Å². The molecule has 53 heavy (non-hydrogen) atoms. The summed E-state index contributed by atoms with van der Waals surface area (Å²) in [6.07, 6.45) is 0. The van der Waals surface area contributed by atoms with Gasteiger partial charge in [0.25, 0.3) is 0 Å². The Morgan fingerprint density at radius 3 is 1.21 bits per heavy atom. The summed E-state index contributed by atoms with van der Waals surface area (Å²) in [4.78, 5) is 2.34. The second-order valence-electron chi connectivity index (χ2n) is 13.7. The SMILES string of the molecule is c1ccc(N(c2ccc(-c3cccc(-c4cc5ccccc5c5ccccc45)c3)cc2)c2ccc(-c3cc4ccccc4c4ccccc34)cc2)cc1. The van der Waals surface area contributed by atoms with Crippen LogP contribution in [0.1, 0.15) is 0 Å². The summed E-state index contributed by atoms with van der Waals surface area (Å²) in [7, 11) is 0.